The summed E-state index contributed by atoms with van der Waals surface area (Å²) in [5.74, 6) is 0. The lowest BCUT2D eigenvalue weighted by molar-refractivity contribution is 0.566. The van der Waals surface area contributed by atoms with Crippen molar-refractivity contribution < 1.29 is 0 Å². The lowest BCUT2D eigenvalue weighted by Crippen LogP contribution is -2.24. The maximum absolute atomic E-state index is 12.1. The number of nitrogens with zero attached hydrogens (tertiary/aromatic N) is 2. The van der Waals surface area contributed by atoms with Crippen molar-refractivity contribution in [2.45, 2.75) is 33.0 Å². The number of hydrogen-bond acceptors (Lipinski definition) is 4. The highest BCUT2D eigenvalue weighted by molar-refractivity contribution is 9.10. The molecule has 5 nitrogen and oxygen atoms in total. The molecule has 2 rings (SSSR count). The van der Waals surface area contributed by atoms with Crippen LogP contribution in [0.15, 0.2) is 39.7 Å². The zero-order chi connectivity index (χ0) is 15.2. The minimum absolute atomic E-state index is 0.111. The number of benzene rings is 1. The first-order chi connectivity index (χ1) is 10.2. The molecule has 0 aliphatic rings. The molecule has 0 spiro atoms. The Morgan fingerprint density at radius 1 is 1.29 bits per heavy atom. The van der Waals surface area contributed by atoms with E-state index < -0.39 is 0 Å². The van der Waals surface area contributed by atoms with Crippen LogP contribution in [0.25, 0.3) is 0 Å². The highest BCUT2D eigenvalue weighted by Crippen LogP contribution is 2.17. The molecule has 0 atom stereocenters. The summed E-state index contributed by atoms with van der Waals surface area (Å²) in [5.41, 5.74) is 8.39. The fourth-order valence-electron chi connectivity index (χ4n) is 1.95. The van der Waals surface area contributed by atoms with E-state index in [0.717, 1.165) is 17.5 Å². The first-order valence-corrected chi connectivity index (χ1v) is 7.72. The summed E-state index contributed by atoms with van der Waals surface area (Å²) < 4.78 is 1.98. The molecule has 0 saturated carbocycles. The lowest BCUT2D eigenvalue weighted by Gasteiger charge is -2.10. The Morgan fingerprint density at radius 2 is 1.95 bits per heavy atom. The van der Waals surface area contributed by atoms with Crippen molar-refractivity contribution in [3.63, 3.8) is 0 Å². The Hall–Kier alpha value is -1.66. The molecular formula is C15H19BrN4O. The van der Waals surface area contributed by atoms with Gasteiger partial charge >= 0.3 is 0 Å². The van der Waals surface area contributed by atoms with E-state index in [0.29, 0.717) is 29.8 Å². The van der Waals surface area contributed by atoms with Gasteiger partial charge in [-0.2, -0.15) is 5.10 Å². The van der Waals surface area contributed by atoms with Gasteiger partial charge in [0.15, 0.2) is 0 Å². The van der Waals surface area contributed by atoms with Crippen molar-refractivity contribution in [2.24, 2.45) is 5.73 Å². The molecule has 1 heterocycles. The summed E-state index contributed by atoms with van der Waals surface area (Å²) >= 11 is 3.35. The Kier molecular flexibility index (Phi) is 5.52. The summed E-state index contributed by atoms with van der Waals surface area (Å²) in [6.07, 6.45) is 2.55. The average molecular weight is 351 g/mol. The molecule has 0 aliphatic heterocycles. The average Bonchev–Trinajstić information content (AvgIpc) is 2.52. The normalized spacial score (nSPS) is 10.6. The second-order valence-corrected chi connectivity index (χ2v) is 5.57. The van der Waals surface area contributed by atoms with Gasteiger partial charge in [0.05, 0.1) is 11.9 Å². The van der Waals surface area contributed by atoms with Crippen molar-refractivity contribution in [2.75, 3.05) is 5.32 Å². The zero-order valence-corrected chi connectivity index (χ0v) is 13.6. The molecular weight excluding hydrogens is 332 g/mol. The minimum atomic E-state index is -0.111. The number of aryl methyl sites for hydroxylation is 1. The summed E-state index contributed by atoms with van der Waals surface area (Å²) in [5, 5.41) is 7.39. The van der Waals surface area contributed by atoms with E-state index in [1.165, 1.54) is 4.68 Å². The van der Waals surface area contributed by atoms with Crippen LogP contribution >= 0.6 is 15.9 Å². The molecule has 1 aromatic heterocycles. The maximum atomic E-state index is 12.1. The highest BCUT2D eigenvalue weighted by Gasteiger charge is 2.08. The largest absolute Gasteiger partial charge is 0.379 e. The van der Waals surface area contributed by atoms with Crippen molar-refractivity contribution in [1.82, 2.24) is 9.78 Å². The number of hydrogen-bond donors (Lipinski definition) is 2. The maximum Gasteiger partial charge on any atom is 0.283 e. The Morgan fingerprint density at radius 3 is 2.57 bits per heavy atom. The van der Waals surface area contributed by atoms with Crippen LogP contribution in [-0.4, -0.2) is 9.78 Å². The van der Waals surface area contributed by atoms with Crippen molar-refractivity contribution in [3.8, 4) is 0 Å². The first-order valence-electron chi connectivity index (χ1n) is 6.93. The molecule has 0 radical (unpaired) electrons. The number of nitrogens with two attached hydrogens (primary N) is 1. The number of aromatic nitrogens is 2. The predicted molar refractivity (Wildman–Crippen MR) is 88.1 cm³/mol. The summed E-state index contributed by atoms with van der Waals surface area (Å²) in [4.78, 5) is 12.1. The highest BCUT2D eigenvalue weighted by atomic mass is 79.9. The molecule has 0 saturated heterocycles. The monoisotopic (exact) mass is 350 g/mol. The van der Waals surface area contributed by atoms with Gasteiger partial charge in [-0.15, -0.1) is 0 Å². The van der Waals surface area contributed by atoms with E-state index in [1.54, 1.807) is 6.20 Å². The third-order valence-corrected chi connectivity index (χ3v) is 3.93. The van der Waals surface area contributed by atoms with Crippen LogP contribution in [0.1, 0.15) is 24.5 Å². The van der Waals surface area contributed by atoms with E-state index in [2.05, 4.69) is 26.3 Å². The van der Waals surface area contributed by atoms with Crippen LogP contribution in [0, 0.1) is 0 Å². The fraction of sp³-hybridized carbons (Fsp3) is 0.333. The zero-order valence-electron chi connectivity index (χ0n) is 12.0. The van der Waals surface area contributed by atoms with E-state index in [-0.39, 0.29) is 5.56 Å². The van der Waals surface area contributed by atoms with E-state index in [4.69, 9.17) is 5.73 Å². The first kappa shape index (κ1) is 15.7. The second-order valence-electron chi connectivity index (χ2n) is 4.77. The van der Waals surface area contributed by atoms with Gasteiger partial charge in [0, 0.05) is 19.6 Å². The number of anilines is 1. The molecule has 112 valence electrons. The Labute approximate surface area is 132 Å². The molecule has 2 aromatic rings. The topological polar surface area (TPSA) is 72.9 Å². The number of halogens is 1. The van der Waals surface area contributed by atoms with Gasteiger partial charge in [0.2, 0.25) is 0 Å². The molecule has 21 heavy (non-hydrogen) atoms. The van der Waals surface area contributed by atoms with Crippen molar-refractivity contribution in [1.29, 1.82) is 0 Å². The summed E-state index contributed by atoms with van der Waals surface area (Å²) in [6, 6.07) is 8.05. The van der Waals surface area contributed by atoms with Gasteiger partial charge < -0.3 is 11.1 Å². The van der Waals surface area contributed by atoms with Gasteiger partial charge in [-0.1, -0.05) is 31.2 Å². The van der Waals surface area contributed by atoms with Crippen LogP contribution in [0.4, 0.5) is 5.69 Å². The molecule has 1 aromatic carbocycles. The standard InChI is InChI=1S/C15H19BrN4O/c1-2-7-20-15(21)14(16)13(10-19-20)18-9-12-5-3-11(8-17)4-6-12/h3-6,10,18H,2,7-9,17H2,1H3. The van der Waals surface area contributed by atoms with Gasteiger partial charge in [-0.25, -0.2) is 4.68 Å². The van der Waals surface area contributed by atoms with E-state index in [9.17, 15) is 4.79 Å². The summed E-state index contributed by atoms with van der Waals surface area (Å²) in [7, 11) is 0. The molecule has 3 N–H and O–H groups in total. The predicted octanol–water partition coefficient (Wildman–Crippen LogP) is 2.49. The third-order valence-electron chi connectivity index (χ3n) is 3.16. The van der Waals surface area contributed by atoms with Crippen LogP contribution in [0.3, 0.4) is 0 Å². The molecule has 0 unspecified atom stereocenters. The third kappa shape index (κ3) is 3.92. The van der Waals surface area contributed by atoms with Crippen molar-refractivity contribution in [3.05, 3.63) is 56.4 Å². The Balaban J connectivity index is 2.09. The van der Waals surface area contributed by atoms with Gasteiger partial charge in [-0.05, 0) is 33.5 Å². The van der Waals surface area contributed by atoms with Gasteiger partial charge in [0.25, 0.3) is 5.56 Å². The Bertz CT molecular complexity index is 652. The van der Waals surface area contributed by atoms with Crippen molar-refractivity contribution >= 4 is 21.6 Å². The second kappa shape index (κ2) is 7.38. The van der Waals surface area contributed by atoms with Crippen LogP contribution in [-0.2, 0) is 19.6 Å². The van der Waals surface area contributed by atoms with Gasteiger partial charge in [0.1, 0.15) is 4.47 Å². The summed E-state index contributed by atoms with van der Waals surface area (Å²) in [6.45, 7) is 3.80. The van der Waals surface area contributed by atoms with E-state index in [1.807, 2.05) is 31.2 Å². The number of nitrogens with one attached hydrogen (secondary N) is 1. The van der Waals surface area contributed by atoms with Crippen LogP contribution in [0.5, 0.6) is 0 Å². The molecule has 6 heteroatoms. The SMILES string of the molecule is CCCn1ncc(NCc2ccc(CN)cc2)c(Br)c1=O. The molecule has 0 aliphatic carbocycles. The lowest BCUT2D eigenvalue weighted by atomic mass is 10.1. The molecule has 0 amide bonds. The van der Waals surface area contributed by atoms with E-state index >= 15 is 0 Å². The number of rotatable bonds is 6. The molecule has 0 bridgehead atoms. The van der Waals surface area contributed by atoms with Crippen LogP contribution < -0.4 is 16.6 Å². The van der Waals surface area contributed by atoms with Crippen LogP contribution in [0.2, 0.25) is 0 Å². The quantitative estimate of drug-likeness (QED) is 0.839. The fourth-order valence-corrected chi connectivity index (χ4v) is 2.40. The smallest absolute Gasteiger partial charge is 0.283 e. The minimum Gasteiger partial charge on any atom is -0.379 e. The molecule has 0 fully saturated rings. The van der Waals surface area contributed by atoms with Gasteiger partial charge in [-0.3, -0.25) is 4.79 Å².